The van der Waals surface area contributed by atoms with Gasteiger partial charge < -0.3 is 4.90 Å². The molecule has 2 aromatic heterocycles. The Bertz CT molecular complexity index is 1060. The van der Waals surface area contributed by atoms with Crippen molar-refractivity contribution in [2.24, 2.45) is 5.92 Å². The number of benzene rings is 1. The number of carbonyl (C=O) groups excluding carboxylic acids is 1. The second kappa shape index (κ2) is 10.6. The number of carbonyl (C=O) groups is 1. The maximum Gasteiger partial charge on any atom is 0.222 e. The highest BCUT2D eigenvalue weighted by Crippen LogP contribution is 2.24. The second-order valence-corrected chi connectivity index (χ2v) is 10.3. The smallest absolute Gasteiger partial charge is 0.222 e. The Balaban J connectivity index is 1.25. The molecule has 1 amide bonds. The van der Waals surface area contributed by atoms with Gasteiger partial charge in [0, 0.05) is 62.3 Å². The highest BCUT2D eigenvalue weighted by molar-refractivity contribution is 7.13. The molecule has 6 nitrogen and oxygen atoms in total. The topological polar surface area (TPSA) is 54.3 Å². The molecule has 0 bridgehead atoms. The quantitative estimate of drug-likeness (QED) is 0.490. The van der Waals surface area contributed by atoms with Crippen LogP contribution in [0, 0.1) is 19.8 Å². The summed E-state index contributed by atoms with van der Waals surface area (Å²) in [5, 5.41) is 7.92. The summed E-state index contributed by atoms with van der Waals surface area (Å²) in [5.41, 5.74) is 5.79. The van der Waals surface area contributed by atoms with Gasteiger partial charge in [0.2, 0.25) is 5.91 Å². The van der Waals surface area contributed by atoms with Gasteiger partial charge in [0.15, 0.2) is 0 Å². The van der Waals surface area contributed by atoms with E-state index in [0.29, 0.717) is 12.3 Å². The second-order valence-electron chi connectivity index (χ2n) is 9.39. The van der Waals surface area contributed by atoms with E-state index in [1.165, 1.54) is 16.8 Å². The Hall–Kier alpha value is -2.51. The van der Waals surface area contributed by atoms with Gasteiger partial charge in [-0.2, -0.15) is 5.10 Å². The largest absolute Gasteiger partial charge is 0.340 e. The Kier molecular flexibility index (Phi) is 7.60. The first-order valence-electron chi connectivity index (χ1n) is 11.9. The van der Waals surface area contributed by atoms with Gasteiger partial charge in [-0.1, -0.05) is 44.2 Å². The van der Waals surface area contributed by atoms with Crippen molar-refractivity contribution in [1.82, 2.24) is 24.6 Å². The van der Waals surface area contributed by atoms with Crippen LogP contribution in [0.15, 0.2) is 35.7 Å². The molecule has 176 valence electrons. The minimum atomic E-state index is 0.255. The number of amides is 1. The number of rotatable bonds is 8. The Morgan fingerprint density at radius 2 is 1.82 bits per heavy atom. The molecule has 1 fully saturated rings. The number of hydrogen-bond donors (Lipinski definition) is 0. The molecule has 1 aliphatic rings. The highest BCUT2D eigenvalue weighted by Gasteiger charge is 2.22. The fraction of sp³-hybridized carbons (Fsp3) is 0.500. The van der Waals surface area contributed by atoms with Crippen molar-refractivity contribution in [3.05, 3.63) is 58.4 Å². The summed E-state index contributed by atoms with van der Waals surface area (Å²) in [6.07, 6.45) is 1.33. The third-order valence-electron chi connectivity index (χ3n) is 6.34. The van der Waals surface area contributed by atoms with E-state index in [0.717, 1.165) is 62.1 Å². The monoisotopic (exact) mass is 465 g/mol. The molecule has 1 aromatic carbocycles. The van der Waals surface area contributed by atoms with Crippen LogP contribution in [-0.4, -0.2) is 56.7 Å². The molecule has 3 heterocycles. The minimum Gasteiger partial charge on any atom is -0.340 e. The summed E-state index contributed by atoms with van der Waals surface area (Å²) in [6, 6.07) is 10.3. The van der Waals surface area contributed by atoms with Gasteiger partial charge in [0.1, 0.15) is 5.01 Å². The average molecular weight is 466 g/mol. The number of thiazole rings is 1. The highest BCUT2D eigenvalue weighted by atomic mass is 32.1. The van der Waals surface area contributed by atoms with Crippen molar-refractivity contribution in [2.75, 3.05) is 26.2 Å². The fourth-order valence-electron chi connectivity index (χ4n) is 4.49. The van der Waals surface area contributed by atoms with E-state index in [2.05, 4.69) is 54.8 Å². The predicted molar refractivity (Wildman–Crippen MR) is 134 cm³/mol. The van der Waals surface area contributed by atoms with Gasteiger partial charge in [-0.3, -0.25) is 14.4 Å². The lowest BCUT2D eigenvalue weighted by Gasteiger charge is -2.34. The number of aromatic nitrogens is 3. The van der Waals surface area contributed by atoms with Gasteiger partial charge in [-0.05, 0) is 31.7 Å². The molecule has 0 aliphatic carbocycles. The van der Waals surface area contributed by atoms with Crippen LogP contribution in [-0.2, 0) is 24.3 Å². The van der Waals surface area contributed by atoms with Crippen LogP contribution < -0.4 is 0 Å². The summed E-state index contributed by atoms with van der Waals surface area (Å²) >= 11 is 1.70. The first kappa shape index (κ1) is 23.6. The molecular formula is C26H35N5OS. The minimum absolute atomic E-state index is 0.255. The molecule has 0 saturated carbocycles. The van der Waals surface area contributed by atoms with Crippen LogP contribution in [0.4, 0.5) is 0 Å². The van der Waals surface area contributed by atoms with Crippen LogP contribution in [0.3, 0.4) is 0 Å². The van der Waals surface area contributed by atoms with Crippen LogP contribution in [0.5, 0.6) is 0 Å². The lowest BCUT2D eigenvalue weighted by molar-refractivity contribution is -0.133. The van der Waals surface area contributed by atoms with E-state index in [4.69, 9.17) is 10.1 Å². The Morgan fingerprint density at radius 1 is 1.09 bits per heavy atom. The molecule has 0 N–H and O–H groups in total. The maximum absolute atomic E-state index is 12.9. The zero-order valence-electron chi connectivity index (χ0n) is 20.3. The SMILES string of the molecule is Cc1nn(CC(C)C)c(C)c1CCC(=O)N1CCN(Cc2csc(-c3ccccc3)n2)CC1. The van der Waals surface area contributed by atoms with Crippen LogP contribution in [0.25, 0.3) is 10.6 Å². The van der Waals surface area contributed by atoms with E-state index in [1.54, 1.807) is 11.3 Å². The molecule has 0 atom stereocenters. The third-order valence-corrected chi connectivity index (χ3v) is 7.28. The summed E-state index contributed by atoms with van der Waals surface area (Å²) in [5.74, 6) is 0.813. The van der Waals surface area contributed by atoms with Crippen molar-refractivity contribution in [3.63, 3.8) is 0 Å². The molecule has 33 heavy (non-hydrogen) atoms. The number of piperazine rings is 1. The van der Waals surface area contributed by atoms with Gasteiger partial charge in [-0.15, -0.1) is 11.3 Å². The first-order chi connectivity index (χ1) is 15.9. The van der Waals surface area contributed by atoms with Gasteiger partial charge in [-0.25, -0.2) is 4.98 Å². The van der Waals surface area contributed by atoms with Crippen LogP contribution in [0.1, 0.15) is 42.9 Å². The van der Waals surface area contributed by atoms with Crippen molar-refractivity contribution in [3.8, 4) is 10.6 Å². The number of nitrogens with zero attached hydrogens (tertiary/aromatic N) is 5. The van der Waals surface area contributed by atoms with E-state index in [9.17, 15) is 4.79 Å². The van der Waals surface area contributed by atoms with Crippen molar-refractivity contribution in [1.29, 1.82) is 0 Å². The van der Waals surface area contributed by atoms with Crippen LogP contribution >= 0.6 is 11.3 Å². The lowest BCUT2D eigenvalue weighted by Crippen LogP contribution is -2.48. The standard InChI is InChI=1S/C26H35N5OS/c1-19(2)16-31-21(4)24(20(3)28-31)10-11-25(32)30-14-12-29(13-15-30)17-23-18-33-26(27-23)22-8-6-5-7-9-22/h5-9,18-19H,10-17H2,1-4H3. The van der Waals surface area contributed by atoms with E-state index in [1.807, 2.05) is 23.1 Å². The average Bonchev–Trinajstić information content (AvgIpc) is 3.37. The Morgan fingerprint density at radius 3 is 2.52 bits per heavy atom. The molecule has 3 aromatic rings. The van der Waals surface area contributed by atoms with Gasteiger partial charge >= 0.3 is 0 Å². The van der Waals surface area contributed by atoms with Gasteiger partial charge in [0.05, 0.1) is 11.4 Å². The number of aryl methyl sites for hydroxylation is 1. The van der Waals surface area contributed by atoms with E-state index >= 15 is 0 Å². The fourth-order valence-corrected chi connectivity index (χ4v) is 5.30. The molecule has 4 rings (SSSR count). The van der Waals surface area contributed by atoms with Gasteiger partial charge in [0.25, 0.3) is 0 Å². The molecule has 1 saturated heterocycles. The normalized spacial score (nSPS) is 14.9. The van der Waals surface area contributed by atoms with Crippen molar-refractivity contribution >= 4 is 17.2 Å². The van der Waals surface area contributed by atoms with Crippen LogP contribution in [0.2, 0.25) is 0 Å². The molecule has 0 radical (unpaired) electrons. The zero-order valence-corrected chi connectivity index (χ0v) is 21.1. The molecule has 1 aliphatic heterocycles. The molecule has 0 unspecified atom stereocenters. The summed E-state index contributed by atoms with van der Waals surface area (Å²) in [4.78, 5) is 22.1. The summed E-state index contributed by atoms with van der Waals surface area (Å²) in [7, 11) is 0. The van der Waals surface area contributed by atoms with Crippen molar-refractivity contribution in [2.45, 2.75) is 53.6 Å². The Labute approximate surface area is 201 Å². The maximum atomic E-state index is 12.9. The van der Waals surface area contributed by atoms with E-state index in [-0.39, 0.29) is 5.91 Å². The summed E-state index contributed by atoms with van der Waals surface area (Å²) < 4.78 is 2.10. The lowest BCUT2D eigenvalue weighted by atomic mass is 10.1. The first-order valence-corrected chi connectivity index (χ1v) is 12.8. The molecular weight excluding hydrogens is 430 g/mol. The van der Waals surface area contributed by atoms with Crippen molar-refractivity contribution < 1.29 is 4.79 Å². The zero-order chi connectivity index (χ0) is 23.4. The third kappa shape index (κ3) is 5.89. The molecule has 0 spiro atoms. The predicted octanol–water partition coefficient (Wildman–Crippen LogP) is 4.56. The van der Waals surface area contributed by atoms with E-state index < -0.39 is 0 Å². The molecule has 7 heteroatoms. The number of hydrogen-bond acceptors (Lipinski definition) is 5. The summed E-state index contributed by atoms with van der Waals surface area (Å²) in [6.45, 7) is 13.7.